The Morgan fingerprint density at radius 1 is 1.11 bits per heavy atom. The maximum absolute atomic E-state index is 11.7. The molecule has 2 rings (SSSR count). The van der Waals surface area contributed by atoms with Crippen molar-refractivity contribution >= 4 is 17.4 Å². The van der Waals surface area contributed by atoms with Crippen molar-refractivity contribution in [2.24, 2.45) is 5.73 Å². The van der Waals surface area contributed by atoms with Gasteiger partial charge in [-0.2, -0.15) is 0 Å². The van der Waals surface area contributed by atoms with E-state index in [2.05, 4.69) is 6.92 Å². The minimum absolute atomic E-state index is 0.499. The predicted molar refractivity (Wildman–Crippen MR) is 73.8 cm³/mol. The highest BCUT2D eigenvalue weighted by Crippen LogP contribution is 2.28. The van der Waals surface area contributed by atoms with Crippen molar-refractivity contribution in [3.8, 4) is 0 Å². The molecular weight excluding hydrogens is 224 g/mol. The molecule has 1 radical (unpaired) electrons. The second-order valence-electron chi connectivity index (χ2n) is 4.13. The molecule has 2 aromatic carbocycles. The van der Waals surface area contributed by atoms with Gasteiger partial charge in [0.1, 0.15) is 0 Å². The zero-order chi connectivity index (χ0) is 13.1. The summed E-state index contributed by atoms with van der Waals surface area (Å²) in [5.74, 6) is 0. The van der Waals surface area contributed by atoms with Crippen molar-refractivity contribution < 1.29 is 4.79 Å². The predicted octanol–water partition coefficient (Wildman–Crippen LogP) is 3.39. The van der Waals surface area contributed by atoms with Gasteiger partial charge in [-0.1, -0.05) is 30.3 Å². The van der Waals surface area contributed by atoms with E-state index in [1.165, 1.54) is 4.90 Å². The number of carbonyl (C=O) groups excluding carboxylic acids is 1. The lowest BCUT2D eigenvalue weighted by Gasteiger charge is -2.22. The molecule has 0 bridgehead atoms. The highest BCUT2D eigenvalue weighted by Gasteiger charge is 2.16. The zero-order valence-electron chi connectivity index (χ0n) is 10.3. The Morgan fingerprint density at radius 3 is 2.28 bits per heavy atom. The third-order valence-electron chi connectivity index (χ3n) is 2.77. The maximum atomic E-state index is 11.7. The first-order valence-corrected chi connectivity index (χ1v) is 5.67. The first-order chi connectivity index (χ1) is 8.59. The van der Waals surface area contributed by atoms with Crippen LogP contribution in [-0.4, -0.2) is 6.03 Å². The van der Waals surface area contributed by atoms with Crippen LogP contribution in [0.15, 0.2) is 48.5 Å². The smallest absolute Gasteiger partial charge is 0.323 e. The summed E-state index contributed by atoms with van der Waals surface area (Å²) in [6.07, 6.45) is 0. The molecule has 0 aromatic heterocycles. The number of rotatable bonds is 2. The molecule has 3 nitrogen and oxygen atoms in total. The van der Waals surface area contributed by atoms with Gasteiger partial charge < -0.3 is 5.73 Å². The largest absolute Gasteiger partial charge is 0.351 e. The Balaban J connectivity index is 2.50. The molecule has 0 saturated heterocycles. The Hall–Kier alpha value is -2.29. The monoisotopic (exact) mass is 239 g/mol. The SMILES string of the molecule is [CH2]c1ccc(N(C(N)=O)c2ccccc2C)cc1. The minimum Gasteiger partial charge on any atom is -0.351 e. The third kappa shape index (κ3) is 2.35. The molecule has 0 saturated carbocycles. The summed E-state index contributed by atoms with van der Waals surface area (Å²) in [5.41, 5.74) is 8.90. The van der Waals surface area contributed by atoms with E-state index in [-0.39, 0.29) is 0 Å². The summed E-state index contributed by atoms with van der Waals surface area (Å²) in [4.78, 5) is 13.2. The van der Waals surface area contributed by atoms with E-state index in [9.17, 15) is 4.79 Å². The average molecular weight is 239 g/mol. The van der Waals surface area contributed by atoms with E-state index in [0.29, 0.717) is 0 Å². The van der Waals surface area contributed by atoms with E-state index in [0.717, 1.165) is 22.5 Å². The van der Waals surface area contributed by atoms with Gasteiger partial charge in [-0.05, 0) is 43.2 Å². The van der Waals surface area contributed by atoms with Crippen molar-refractivity contribution in [2.45, 2.75) is 6.92 Å². The van der Waals surface area contributed by atoms with Gasteiger partial charge in [0.25, 0.3) is 0 Å². The molecule has 91 valence electrons. The third-order valence-corrected chi connectivity index (χ3v) is 2.77. The number of aryl methyl sites for hydroxylation is 1. The molecule has 0 unspecified atom stereocenters. The van der Waals surface area contributed by atoms with Gasteiger partial charge in [0, 0.05) is 0 Å². The molecule has 0 aliphatic heterocycles. The van der Waals surface area contributed by atoms with Crippen LogP contribution in [0.25, 0.3) is 0 Å². The Labute approximate surface area is 107 Å². The van der Waals surface area contributed by atoms with E-state index >= 15 is 0 Å². The molecule has 0 aliphatic rings. The van der Waals surface area contributed by atoms with Gasteiger partial charge in [-0.25, -0.2) is 4.79 Å². The number of hydrogen-bond donors (Lipinski definition) is 1. The second kappa shape index (κ2) is 4.92. The Kier molecular flexibility index (Phi) is 3.33. The number of anilines is 2. The topological polar surface area (TPSA) is 46.3 Å². The number of urea groups is 1. The van der Waals surface area contributed by atoms with Crippen molar-refractivity contribution in [3.05, 3.63) is 66.6 Å². The van der Waals surface area contributed by atoms with Crippen LogP contribution in [0.5, 0.6) is 0 Å². The molecule has 18 heavy (non-hydrogen) atoms. The number of carbonyl (C=O) groups is 1. The Bertz CT molecular complexity index is 561. The van der Waals surface area contributed by atoms with E-state index in [4.69, 9.17) is 5.73 Å². The summed E-state index contributed by atoms with van der Waals surface area (Å²) in [5, 5.41) is 0. The average Bonchev–Trinajstić information content (AvgIpc) is 2.34. The van der Waals surface area contributed by atoms with Gasteiger partial charge in [-0.3, -0.25) is 4.90 Å². The Morgan fingerprint density at radius 2 is 1.72 bits per heavy atom. The molecular formula is C15H15N2O. The van der Waals surface area contributed by atoms with E-state index in [1.807, 2.05) is 55.5 Å². The molecule has 2 N–H and O–H groups in total. The molecule has 0 atom stereocenters. The lowest BCUT2D eigenvalue weighted by atomic mass is 10.1. The van der Waals surface area contributed by atoms with Crippen LogP contribution in [0.3, 0.4) is 0 Å². The summed E-state index contributed by atoms with van der Waals surface area (Å²) in [7, 11) is 0. The molecule has 0 spiro atoms. The molecule has 0 aliphatic carbocycles. The van der Waals surface area contributed by atoms with Gasteiger partial charge in [0.2, 0.25) is 0 Å². The van der Waals surface area contributed by atoms with Crippen molar-refractivity contribution in [1.29, 1.82) is 0 Å². The molecule has 0 fully saturated rings. The van der Waals surface area contributed by atoms with E-state index < -0.39 is 6.03 Å². The quantitative estimate of drug-likeness (QED) is 0.857. The number of benzene rings is 2. The molecule has 3 heteroatoms. The van der Waals surface area contributed by atoms with Crippen molar-refractivity contribution in [3.63, 3.8) is 0 Å². The fourth-order valence-electron chi connectivity index (χ4n) is 1.84. The fourth-order valence-corrected chi connectivity index (χ4v) is 1.84. The summed E-state index contributed by atoms with van der Waals surface area (Å²) in [6.45, 7) is 5.77. The van der Waals surface area contributed by atoms with Gasteiger partial charge in [-0.15, -0.1) is 0 Å². The number of amides is 2. The van der Waals surface area contributed by atoms with Crippen LogP contribution >= 0.6 is 0 Å². The van der Waals surface area contributed by atoms with Crippen LogP contribution in [0.1, 0.15) is 11.1 Å². The normalized spacial score (nSPS) is 10.1. The number of primary amides is 1. The lowest BCUT2D eigenvalue weighted by molar-refractivity contribution is 0.256. The van der Waals surface area contributed by atoms with Gasteiger partial charge >= 0.3 is 6.03 Å². The molecule has 2 aromatic rings. The second-order valence-corrected chi connectivity index (χ2v) is 4.13. The zero-order valence-corrected chi connectivity index (χ0v) is 10.3. The lowest BCUT2D eigenvalue weighted by Crippen LogP contribution is -2.31. The van der Waals surface area contributed by atoms with Crippen LogP contribution in [0.2, 0.25) is 0 Å². The standard InChI is InChI=1S/C15H15N2O/c1-11-7-9-13(10-8-11)17(15(16)18)14-6-4-3-5-12(14)2/h3-10H,1H2,2H3,(H2,16,18). The van der Waals surface area contributed by atoms with Crippen LogP contribution in [-0.2, 0) is 0 Å². The number of para-hydroxylation sites is 1. The van der Waals surface area contributed by atoms with Crippen LogP contribution < -0.4 is 10.6 Å². The van der Waals surface area contributed by atoms with Crippen molar-refractivity contribution in [2.75, 3.05) is 4.90 Å². The highest BCUT2D eigenvalue weighted by atomic mass is 16.2. The summed E-state index contributed by atoms with van der Waals surface area (Å²) in [6, 6.07) is 14.5. The maximum Gasteiger partial charge on any atom is 0.323 e. The van der Waals surface area contributed by atoms with E-state index in [1.54, 1.807) is 0 Å². The van der Waals surface area contributed by atoms with Gasteiger partial charge in [0.15, 0.2) is 0 Å². The number of nitrogens with two attached hydrogens (primary N) is 1. The summed E-state index contributed by atoms with van der Waals surface area (Å²) >= 11 is 0. The van der Waals surface area contributed by atoms with Gasteiger partial charge in [0.05, 0.1) is 11.4 Å². The number of nitrogens with zero attached hydrogens (tertiary/aromatic N) is 1. The summed E-state index contributed by atoms with van der Waals surface area (Å²) < 4.78 is 0. The van der Waals surface area contributed by atoms with Crippen LogP contribution in [0, 0.1) is 13.8 Å². The number of hydrogen-bond acceptors (Lipinski definition) is 1. The minimum atomic E-state index is -0.499. The highest BCUT2D eigenvalue weighted by molar-refractivity contribution is 5.99. The molecule has 2 amide bonds. The first-order valence-electron chi connectivity index (χ1n) is 5.67. The first kappa shape index (κ1) is 12.2. The van der Waals surface area contributed by atoms with Crippen LogP contribution in [0.4, 0.5) is 16.2 Å². The fraction of sp³-hybridized carbons (Fsp3) is 0.0667. The van der Waals surface area contributed by atoms with Crippen molar-refractivity contribution in [1.82, 2.24) is 0 Å². The molecule has 0 heterocycles.